The van der Waals surface area contributed by atoms with E-state index in [2.05, 4.69) is 4.74 Å². The van der Waals surface area contributed by atoms with E-state index in [1.807, 2.05) is 0 Å². The molecular formula is C12H9F3O3S. The summed E-state index contributed by atoms with van der Waals surface area (Å²) in [7, 11) is 1.17. The van der Waals surface area contributed by atoms with Crippen LogP contribution in [0.25, 0.3) is 10.1 Å². The third kappa shape index (κ3) is 2.65. The fraction of sp³-hybridized carbons (Fsp3) is 0.250. The summed E-state index contributed by atoms with van der Waals surface area (Å²) in [6.45, 7) is 0. The van der Waals surface area contributed by atoms with Gasteiger partial charge in [-0.2, -0.15) is 13.2 Å². The first-order valence-corrected chi connectivity index (χ1v) is 6.08. The van der Waals surface area contributed by atoms with Gasteiger partial charge in [0, 0.05) is 10.1 Å². The van der Waals surface area contributed by atoms with Crippen LogP contribution in [-0.4, -0.2) is 18.2 Å². The zero-order valence-corrected chi connectivity index (χ0v) is 10.6. The number of thiophene rings is 1. The molecule has 0 amide bonds. The van der Waals surface area contributed by atoms with Crippen LogP contribution >= 0.6 is 11.3 Å². The van der Waals surface area contributed by atoms with E-state index >= 15 is 0 Å². The lowest BCUT2D eigenvalue weighted by molar-refractivity contribution is -0.140. The number of hydrogen-bond acceptors (Lipinski definition) is 4. The van der Waals surface area contributed by atoms with Gasteiger partial charge in [-0.1, -0.05) is 0 Å². The summed E-state index contributed by atoms with van der Waals surface area (Å²) in [6.07, 6.45) is -4.83. The van der Waals surface area contributed by atoms with Crippen molar-refractivity contribution >= 4 is 27.4 Å². The molecule has 7 heteroatoms. The van der Waals surface area contributed by atoms with Gasteiger partial charge in [0.05, 0.1) is 19.1 Å². The average Bonchev–Trinajstić information content (AvgIpc) is 2.69. The number of aromatic hydroxyl groups is 1. The molecule has 0 spiro atoms. The maximum Gasteiger partial charge on any atom is 0.417 e. The largest absolute Gasteiger partial charge is 0.508 e. The highest BCUT2D eigenvalue weighted by atomic mass is 32.1. The summed E-state index contributed by atoms with van der Waals surface area (Å²) in [5, 5.41) is 10.7. The number of esters is 1. The number of halogens is 3. The van der Waals surface area contributed by atoms with Crippen molar-refractivity contribution in [3.05, 3.63) is 28.6 Å². The minimum atomic E-state index is -4.59. The molecule has 0 aliphatic rings. The number of ether oxygens (including phenoxy) is 1. The van der Waals surface area contributed by atoms with E-state index in [1.54, 1.807) is 0 Å². The zero-order chi connectivity index (χ0) is 14.2. The third-order valence-electron chi connectivity index (χ3n) is 2.60. The van der Waals surface area contributed by atoms with Crippen LogP contribution in [0.15, 0.2) is 17.5 Å². The Hall–Kier alpha value is -1.76. The van der Waals surface area contributed by atoms with E-state index in [9.17, 15) is 23.1 Å². The van der Waals surface area contributed by atoms with Gasteiger partial charge in [-0.05, 0) is 23.1 Å². The van der Waals surface area contributed by atoms with Gasteiger partial charge in [0.25, 0.3) is 0 Å². The Balaban J connectivity index is 2.65. The van der Waals surface area contributed by atoms with E-state index in [0.717, 1.165) is 11.3 Å². The first-order valence-electron chi connectivity index (χ1n) is 5.20. The van der Waals surface area contributed by atoms with Gasteiger partial charge in [0.2, 0.25) is 0 Å². The van der Waals surface area contributed by atoms with E-state index in [-0.39, 0.29) is 22.1 Å². The second kappa shape index (κ2) is 4.73. The number of methoxy groups -OCH3 is 1. The number of phenols is 1. The predicted octanol–water partition coefficient (Wildman–Crippen LogP) is 3.34. The lowest BCUT2D eigenvalue weighted by atomic mass is 10.0. The Kier molecular flexibility index (Phi) is 3.40. The summed E-state index contributed by atoms with van der Waals surface area (Å²) < 4.78 is 43.6. The molecule has 0 unspecified atom stereocenters. The molecule has 0 atom stereocenters. The van der Waals surface area contributed by atoms with Gasteiger partial charge in [-0.25, -0.2) is 0 Å². The van der Waals surface area contributed by atoms with Crippen LogP contribution in [0.4, 0.5) is 13.2 Å². The van der Waals surface area contributed by atoms with Crippen molar-refractivity contribution < 1.29 is 27.8 Å². The molecule has 2 aromatic rings. The van der Waals surface area contributed by atoms with Crippen LogP contribution in [0.1, 0.15) is 11.1 Å². The Morgan fingerprint density at radius 2 is 2.11 bits per heavy atom. The van der Waals surface area contributed by atoms with E-state index in [0.29, 0.717) is 6.07 Å². The van der Waals surface area contributed by atoms with Crippen LogP contribution in [-0.2, 0) is 22.1 Å². The highest BCUT2D eigenvalue weighted by molar-refractivity contribution is 7.17. The van der Waals surface area contributed by atoms with Gasteiger partial charge < -0.3 is 9.84 Å². The molecule has 102 valence electrons. The quantitative estimate of drug-likeness (QED) is 0.863. The Bertz CT molecular complexity index is 631. The third-order valence-corrected chi connectivity index (χ3v) is 3.58. The number of benzene rings is 1. The van der Waals surface area contributed by atoms with Crippen LogP contribution in [0, 0.1) is 0 Å². The molecule has 3 nitrogen and oxygen atoms in total. The number of fused-ring (bicyclic) bond motifs is 1. The Labute approximate surface area is 110 Å². The van der Waals surface area contributed by atoms with Crippen molar-refractivity contribution in [2.75, 3.05) is 7.11 Å². The lowest BCUT2D eigenvalue weighted by Gasteiger charge is -2.10. The van der Waals surface area contributed by atoms with E-state index in [4.69, 9.17) is 0 Å². The molecule has 2 rings (SSSR count). The molecular weight excluding hydrogens is 281 g/mol. The molecule has 0 aliphatic heterocycles. The fourth-order valence-corrected chi connectivity index (χ4v) is 2.82. The van der Waals surface area contributed by atoms with Gasteiger partial charge in [0.1, 0.15) is 5.75 Å². The number of carbonyl (C=O) groups excluding carboxylic acids is 1. The second-order valence-corrected chi connectivity index (χ2v) is 4.79. The molecule has 0 fully saturated rings. The highest BCUT2D eigenvalue weighted by Gasteiger charge is 2.34. The summed E-state index contributed by atoms with van der Waals surface area (Å²) in [5.41, 5.74) is -0.693. The number of carbonyl (C=O) groups is 1. The summed E-state index contributed by atoms with van der Waals surface area (Å²) in [4.78, 5) is 11.2. The SMILES string of the molecule is COC(=O)Cc1csc2cc(O)cc(C(F)(F)F)c12. The molecule has 0 radical (unpaired) electrons. The number of alkyl halides is 3. The monoisotopic (exact) mass is 290 g/mol. The molecule has 0 aliphatic carbocycles. The van der Waals surface area contributed by atoms with Gasteiger partial charge >= 0.3 is 12.1 Å². The van der Waals surface area contributed by atoms with Crippen LogP contribution < -0.4 is 0 Å². The van der Waals surface area contributed by atoms with Crippen LogP contribution in [0.2, 0.25) is 0 Å². The average molecular weight is 290 g/mol. The number of phenolic OH excluding ortho intramolecular Hbond substituents is 1. The first kappa shape index (κ1) is 13.7. The highest BCUT2D eigenvalue weighted by Crippen LogP contribution is 2.41. The Morgan fingerprint density at radius 3 is 2.68 bits per heavy atom. The number of hydrogen-bond donors (Lipinski definition) is 1. The van der Waals surface area contributed by atoms with Gasteiger partial charge in [-0.3, -0.25) is 4.79 Å². The van der Waals surface area contributed by atoms with E-state index < -0.39 is 23.5 Å². The first-order chi connectivity index (χ1) is 8.82. The van der Waals surface area contributed by atoms with Crippen LogP contribution in [0.5, 0.6) is 5.75 Å². The minimum Gasteiger partial charge on any atom is -0.508 e. The predicted molar refractivity (Wildman–Crippen MR) is 64.2 cm³/mol. The maximum atomic E-state index is 13.0. The second-order valence-electron chi connectivity index (χ2n) is 3.88. The van der Waals surface area contributed by atoms with Crippen molar-refractivity contribution in [1.82, 2.24) is 0 Å². The maximum absolute atomic E-state index is 13.0. The summed E-state index contributed by atoms with van der Waals surface area (Å²) >= 11 is 1.04. The molecule has 1 aromatic carbocycles. The molecule has 0 bridgehead atoms. The van der Waals surface area contributed by atoms with Crippen molar-refractivity contribution in [1.29, 1.82) is 0 Å². The van der Waals surface area contributed by atoms with Crippen molar-refractivity contribution in [3.8, 4) is 5.75 Å². The smallest absolute Gasteiger partial charge is 0.417 e. The topological polar surface area (TPSA) is 46.5 Å². The Morgan fingerprint density at radius 1 is 1.42 bits per heavy atom. The molecule has 19 heavy (non-hydrogen) atoms. The standard InChI is InChI=1S/C12H9F3O3S/c1-18-10(17)2-6-5-19-9-4-7(16)3-8(11(6)9)12(13,14)15/h3-5,16H,2H2,1H3. The normalized spacial score (nSPS) is 11.8. The van der Waals surface area contributed by atoms with Crippen molar-refractivity contribution in [2.24, 2.45) is 0 Å². The fourth-order valence-electron chi connectivity index (χ4n) is 1.80. The van der Waals surface area contributed by atoms with Crippen molar-refractivity contribution in [3.63, 3.8) is 0 Å². The molecule has 0 saturated carbocycles. The summed E-state index contributed by atoms with van der Waals surface area (Å²) in [5.74, 6) is -1.06. The van der Waals surface area contributed by atoms with Crippen molar-refractivity contribution in [2.45, 2.75) is 12.6 Å². The minimum absolute atomic E-state index is 0.0549. The molecule has 1 aromatic heterocycles. The summed E-state index contributed by atoms with van der Waals surface area (Å²) in [6, 6.07) is 1.91. The molecule has 1 heterocycles. The zero-order valence-electron chi connectivity index (χ0n) is 9.75. The van der Waals surface area contributed by atoms with Gasteiger partial charge in [0.15, 0.2) is 0 Å². The van der Waals surface area contributed by atoms with E-state index in [1.165, 1.54) is 18.6 Å². The van der Waals surface area contributed by atoms with Crippen LogP contribution in [0.3, 0.4) is 0 Å². The van der Waals surface area contributed by atoms with Gasteiger partial charge in [-0.15, -0.1) is 11.3 Å². The molecule has 1 N–H and O–H groups in total. The lowest BCUT2D eigenvalue weighted by Crippen LogP contribution is -2.08. The molecule has 0 saturated heterocycles. The number of rotatable bonds is 2.